The second kappa shape index (κ2) is 6.27. The molecule has 7 heteroatoms. The molecule has 2 aliphatic heterocycles. The van der Waals surface area contributed by atoms with Gasteiger partial charge in [0.25, 0.3) is 11.5 Å². The molecule has 150 valence electrons. The number of amides is 1. The number of nitrogens with zero attached hydrogens (tertiary/aromatic N) is 4. The molecule has 2 fully saturated rings. The van der Waals surface area contributed by atoms with Crippen molar-refractivity contribution in [1.29, 1.82) is 0 Å². The molecule has 2 bridgehead atoms. The quantitative estimate of drug-likeness (QED) is 0.562. The fourth-order valence-corrected chi connectivity index (χ4v) is 4.92. The molecule has 7 nitrogen and oxygen atoms in total. The fourth-order valence-electron chi connectivity index (χ4n) is 4.92. The molecule has 2 unspecified atom stereocenters. The van der Waals surface area contributed by atoms with Crippen molar-refractivity contribution in [1.82, 2.24) is 24.3 Å². The minimum absolute atomic E-state index is 0.0657. The van der Waals surface area contributed by atoms with Crippen LogP contribution in [0.2, 0.25) is 0 Å². The summed E-state index contributed by atoms with van der Waals surface area (Å²) in [6.07, 6.45) is 1.06. The van der Waals surface area contributed by atoms with E-state index in [4.69, 9.17) is 0 Å². The second-order valence-corrected chi connectivity index (χ2v) is 8.30. The number of benzene rings is 2. The lowest BCUT2D eigenvalue weighted by atomic mass is 10.1. The monoisotopic (exact) mass is 399 g/mol. The summed E-state index contributed by atoms with van der Waals surface area (Å²) in [7, 11) is 2.12. The van der Waals surface area contributed by atoms with Gasteiger partial charge in [0.05, 0.1) is 16.6 Å². The molecule has 0 spiro atoms. The summed E-state index contributed by atoms with van der Waals surface area (Å²) in [6, 6.07) is 17.4. The number of aromatic amines is 1. The smallest absolute Gasteiger partial charge is 0.257 e. The highest BCUT2D eigenvalue weighted by molar-refractivity contribution is 5.98. The molecule has 30 heavy (non-hydrogen) atoms. The number of imidazole rings is 1. The number of piperazine rings is 1. The third-order valence-corrected chi connectivity index (χ3v) is 6.51. The van der Waals surface area contributed by atoms with Gasteiger partial charge in [0, 0.05) is 36.8 Å². The number of nitrogens with one attached hydrogen (secondary N) is 1. The van der Waals surface area contributed by atoms with Gasteiger partial charge in [-0.25, -0.2) is 9.55 Å². The molecule has 2 aliphatic rings. The topological polar surface area (TPSA) is 74.2 Å². The molecule has 2 aromatic heterocycles. The number of carbonyl (C=O) groups excluding carboxylic acids is 1. The Hall–Kier alpha value is -3.45. The first kappa shape index (κ1) is 17.4. The highest BCUT2D eigenvalue weighted by atomic mass is 16.2. The minimum Gasteiger partial charge on any atom is -0.333 e. The lowest BCUT2D eigenvalue weighted by Gasteiger charge is -2.32. The van der Waals surface area contributed by atoms with E-state index in [0.29, 0.717) is 23.6 Å². The van der Waals surface area contributed by atoms with Gasteiger partial charge in [0.1, 0.15) is 0 Å². The predicted molar refractivity (Wildman–Crippen MR) is 115 cm³/mol. The minimum atomic E-state index is -0.152. The molecule has 6 rings (SSSR count). The van der Waals surface area contributed by atoms with Gasteiger partial charge in [0.15, 0.2) is 0 Å². The largest absolute Gasteiger partial charge is 0.333 e. The lowest BCUT2D eigenvalue weighted by molar-refractivity contribution is 0.0650. The molecule has 4 aromatic rings. The Morgan fingerprint density at radius 1 is 1.07 bits per heavy atom. The third-order valence-electron chi connectivity index (χ3n) is 6.51. The van der Waals surface area contributed by atoms with E-state index in [1.54, 1.807) is 10.6 Å². The number of hydrogen-bond donors (Lipinski definition) is 1. The van der Waals surface area contributed by atoms with E-state index in [0.717, 1.165) is 41.4 Å². The molecule has 1 N–H and O–H groups in total. The molecular weight excluding hydrogens is 378 g/mol. The van der Waals surface area contributed by atoms with Crippen molar-refractivity contribution in [3.63, 3.8) is 0 Å². The standard InChI is InChI=1S/C23H21N5O2/c1-26-12-17-11-16(26)13-27(17)22(30)15-6-8-18-19(10-15)25-23(24-18)28-20-5-3-2-4-14(20)7-9-21(28)29/h2-10,16-17H,11-13H2,1H3,(H,24,25). The first-order chi connectivity index (χ1) is 14.6. The Morgan fingerprint density at radius 2 is 1.93 bits per heavy atom. The van der Waals surface area contributed by atoms with Crippen molar-refractivity contribution in [3.05, 3.63) is 70.5 Å². The van der Waals surface area contributed by atoms with Crippen LogP contribution in [0.25, 0.3) is 27.9 Å². The second-order valence-electron chi connectivity index (χ2n) is 8.30. The Bertz CT molecular complexity index is 1370. The zero-order valence-electron chi connectivity index (χ0n) is 16.6. The number of aromatic nitrogens is 3. The molecule has 2 atom stereocenters. The Balaban J connectivity index is 1.40. The third kappa shape index (κ3) is 2.52. The van der Waals surface area contributed by atoms with Crippen LogP contribution in [-0.2, 0) is 0 Å². The van der Waals surface area contributed by atoms with Crippen molar-refractivity contribution in [3.8, 4) is 5.95 Å². The molecule has 0 radical (unpaired) electrons. The van der Waals surface area contributed by atoms with Gasteiger partial charge >= 0.3 is 0 Å². The molecule has 1 amide bonds. The Kier molecular flexibility index (Phi) is 3.64. The van der Waals surface area contributed by atoms with Crippen molar-refractivity contribution < 1.29 is 4.79 Å². The maximum Gasteiger partial charge on any atom is 0.257 e. The summed E-state index contributed by atoms with van der Waals surface area (Å²) in [5, 5.41) is 0.961. The van der Waals surface area contributed by atoms with Crippen LogP contribution in [0.5, 0.6) is 0 Å². The molecule has 0 aliphatic carbocycles. The predicted octanol–water partition coefficient (Wildman–Crippen LogP) is 2.40. The number of likely N-dealkylation sites (N-methyl/N-ethyl adjacent to an activating group) is 1. The lowest BCUT2D eigenvalue weighted by Crippen LogP contribution is -2.47. The normalized spacial score (nSPS) is 21.2. The van der Waals surface area contributed by atoms with Crippen LogP contribution in [0.4, 0.5) is 0 Å². The number of hydrogen-bond acceptors (Lipinski definition) is 4. The maximum atomic E-state index is 13.1. The summed E-state index contributed by atoms with van der Waals surface area (Å²) in [6.45, 7) is 1.73. The number of likely N-dealkylation sites (tertiary alicyclic amines) is 2. The van der Waals surface area contributed by atoms with E-state index in [-0.39, 0.29) is 11.5 Å². The molecule has 0 saturated carbocycles. The van der Waals surface area contributed by atoms with Gasteiger partial charge < -0.3 is 9.88 Å². The van der Waals surface area contributed by atoms with Gasteiger partial charge in [0.2, 0.25) is 5.95 Å². The first-order valence-electron chi connectivity index (χ1n) is 10.2. The van der Waals surface area contributed by atoms with Crippen LogP contribution in [0.1, 0.15) is 16.8 Å². The van der Waals surface area contributed by atoms with E-state index >= 15 is 0 Å². The average molecular weight is 399 g/mol. The van der Waals surface area contributed by atoms with E-state index in [1.165, 1.54) is 0 Å². The molecule has 2 saturated heterocycles. The van der Waals surface area contributed by atoms with Gasteiger partial charge in [-0.3, -0.25) is 14.5 Å². The number of fused-ring (bicyclic) bond motifs is 4. The van der Waals surface area contributed by atoms with Gasteiger partial charge in [-0.2, -0.15) is 0 Å². The summed E-state index contributed by atoms with van der Waals surface area (Å²) in [4.78, 5) is 37.9. The van der Waals surface area contributed by atoms with E-state index in [2.05, 4.69) is 21.9 Å². The van der Waals surface area contributed by atoms with Crippen molar-refractivity contribution in [2.75, 3.05) is 20.1 Å². The average Bonchev–Trinajstić information content (AvgIpc) is 3.45. The van der Waals surface area contributed by atoms with Gasteiger partial charge in [-0.1, -0.05) is 18.2 Å². The number of pyridine rings is 1. The summed E-state index contributed by atoms with van der Waals surface area (Å²) < 4.78 is 1.58. The first-order valence-corrected chi connectivity index (χ1v) is 10.2. The fraction of sp³-hybridized carbons (Fsp3) is 0.261. The highest BCUT2D eigenvalue weighted by Gasteiger charge is 2.43. The zero-order valence-corrected chi connectivity index (χ0v) is 16.6. The molecule has 2 aromatic carbocycles. The summed E-state index contributed by atoms with van der Waals surface area (Å²) in [5.41, 5.74) is 2.76. The molecular formula is C23H21N5O2. The highest BCUT2D eigenvalue weighted by Crippen LogP contribution is 2.31. The number of para-hydroxylation sites is 1. The van der Waals surface area contributed by atoms with Crippen molar-refractivity contribution in [2.24, 2.45) is 0 Å². The van der Waals surface area contributed by atoms with E-state index in [1.807, 2.05) is 53.4 Å². The summed E-state index contributed by atoms with van der Waals surface area (Å²) in [5.74, 6) is 0.522. The number of carbonyl (C=O) groups is 1. The van der Waals surface area contributed by atoms with E-state index < -0.39 is 0 Å². The Morgan fingerprint density at radius 3 is 2.73 bits per heavy atom. The van der Waals surface area contributed by atoms with Crippen LogP contribution >= 0.6 is 0 Å². The van der Waals surface area contributed by atoms with Crippen LogP contribution in [0, 0.1) is 0 Å². The van der Waals surface area contributed by atoms with Gasteiger partial charge in [-0.05, 0) is 49.2 Å². The van der Waals surface area contributed by atoms with Crippen molar-refractivity contribution >= 4 is 27.8 Å². The van der Waals surface area contributed by atoms with Crippen LogP contribution in [-0.4, -0.2) is 62.5 Å². The van der Waals surface area contributed by atoms with E-state index in [9.17, 15) is 9.59 Å². The van der Waals surface area contributed by atoms with Crippen molar-refractivity contribution in [2.45, 2.75) is 18.5 Å². The zero-order chi connectivity index (χ0) is 20.4. The maximum absolute atomic E-state index is 13.1. The Labute approximate surface area is 172 Å². The molecule has 4 heterocycles. The van der Waals surface area contributed by atoms with Crippen LogP contribution in [0.15, 0.2) is 59.4 Å². The number of H-pyrrole nitrogens is 1. The van der Waals surface area contributed by atoms with Crippen LogP contribution in [0.3, 0.4) is 0 Å². The van der Waals surface area contributed by atoms with Crippen LogP contribution < -0.4 is 5.56 Å². The number of rotatable bonds is 2. The van der Waals surface area contributed by atoms with Gasteiger partial charge in [-0.15, -0.1) is 0 Å². The SMILES string of the molecule is CN1CC2CC1CN2C(=O)c1ccc2nc(-n3c(=O)ccc4ccccc43)[nH]c2c1. The summed E-state index contributed by atoms with van der Waals surface area (Å²) >= 11 is 0.